The van der Waals surface area contributed by atoms with Crippen LogP contribution >= 0.6 is 0 Å². The molecule has 1 aliphatic rings. The standard InChI is InChI=1S/C18H17F2N3O3/c1-26-15-9-21-14(18(19)20)6-13(15)12-7-16(22-8-11(12)10-24)23-5-3-2-4-17(23)25/h6-10,18H,2-5H2,1H3. The quantitative estimate of drug-likeness (QED) is 0.763. The minimum Gasteiger partial charge on any atom is -0.494 e. The third kappa shape index (κ3) is 3.40. The number of aldehydes is 1. The van der Waals surface area contributed by atoms with Gasteiger partial charge >= 0.3 is 0 Å². The zero-order valence-electron chi connectivity index (χ0n) is 14.1. The number of ether oxygens (including phenoxy) is 1. The first-order valence-corrected chi connectivity index (χ1v) is 8.13. The number of alkyl halides is 2. The Morgan fingerprint density at radius 3 is 2.65 bits per heavy atom. The average molecular weight is 361 g/mol. The van der Waals surface area contributed by atoms with E-state index in [1.54, 1.807) is 11.0 Å². The van der Waals surface area contributed by atoms with Crippen LogP contribution in [-0.2, 0) is 4.79 Å². The van der Waals surface area contributed by atoms with Gasteiger partial charge in [0.1, 0.15) is 17.3 Å². The molecule has 0 radical (unpaired) electrons. The number of amides is 1. The largest absolute Gasteiger partial charge is 0.494 e. The number of halogens is 2. The molecule has 0 unspecified atom stereocenters. The predicted molar refractivity (Wildman–Crippen MR) is 90.6 cm³/mol. The van der Waals surface area contributed by atoms with E-state index in [1.165, 1.54) is 25.6 Å². The van der Waals surface area contributed by atoms with Crippen LogP contribution in [0.2, 0.25) is 0 Å². The van der Waals surface area contributed by atoms with Crippen molar-refractivity contribution in [2.75, 3.05) is 18.6 Å². The van der Waals surface area contributed by atoms with Gasteiger partial charge in [0.15, 0.2) is 6.29 Å². The monoisotopic (exact) mass is 361 g/mol. The topological polar surface area (TPSA) is 72.4 Å². The highest BCUT2D eigenvalue weighted by Gasteiger charge is 2.23. The van der Waals surface area contributed by atoms with Gasteiger partial charge in [-0.25, -0.2) is 13.8 Å². The van der Waals surface area contributed by atoms with Crippen molar-refractivity contribution in [1.29, 1.82) is 0 Å². The Hall–Kier alpha value is -2.90. The lowest BCUT2D eigenvalue weighted by Crippen LogP contribution is -2.35. The summed E-state index contributed by atoms with van der Waals surface area (Å²) in [4.78, 5) is 33.0. The molecule has 8 heteroatoms. The molecule has 0 bridgehead atoms. The molecule has 0 N–H and O–H groups in total. The van der Waals surface area contributed by atoms with Gasteiger partial charge in [0, 0.05) is 35.9 Å². The maximum Gasteiger partial charge on any atom is 0.280 e. The van der Waals surface area contributed by atoms with Crippen molar-refractivity contribution in [2.24, 2.45) is 0 Å². The Labute approximate surface area is 148 Å². The van der Waals surface area contributed by atoms with Crippen molar-refractivity contribution in [3.63, 3.8) is 0 Å². The fourth-order valence-corrected chi connectivity index (χ4v) is 2.93. The van der Waals surface area contributed by atoms with E-state index in [0.29, 0.717) is 36.2 Å². The first-order chi connectivity index (χ1) is 12.5. The Morgan fingerprint density at radius 1 is 1.19 bits per heavy atom. The lowest BCUT2D eigenvalue weighted by atomic mass is 10.0. The van der Waals surface area contributed by atoms with E-state index < -0.39 is 12.1 Å². The van der Waals surface area contributed by atoms with E-state index in [9.17, 15) is 18.4 Å². The number of carbonyl (C=O) groups excluding carboxylic acids is 2. The molecule has 26 heavy (non-hydrogen) atoms. The number of hydrogen-bond donors (Lipinski definition) is 0. The molecule has 3 rings (SSSR count). The normalized spacial score (nSPS) is 14.6. The molecular weight excluding hydrogens is 344 g/mol. The molecule has 2 aromatic heterocycles. The Kier molecular flexibility index (Phi) is 5.20. The highest BCUT2D eigenvalue weighted by molar-refractivity contribution is 5.95. The van der Waals surface area contributed by atoms with E-state index in [-0.39, 0.29) is 17.2 Å². The molecule has 0 aliphatic carbocycles. The first-order valence-electron chi connectivity index (χ1n) is 8.13. The van der Waals surface area contributed by atoms with Crippen molar-refractivity contribution in [3.05, 3.63) is 35.8 Å². The van der Waals surface area contributed by atoms with Crippen LogP contribution in [0.4, 0.5) is 14.6 Å². The summed E-state index contributed by atoms with van der Waals surface area (Å²) in [6.07, 6.45) is 2.46. The first kappa shape index (κ1) is 17.9. The molecule has 2 aromatic rings. The maximum absolute atomic E-state index is 13.1. The van der Waals surface area contributed by atoms with Crippen LogP contribution in [0.25, 0.3) is 11.1 Å². The van der Waals surface area contributed by atoms with Crippen molar-refractivity contribution in [2.45, 2.75) is 25.7 Å². The molecule has 1 aliphatic heterocycles. The third-order valence-corrected chi connectivity index (χ3v) is 4.27. The van der Waals surface area contributed by atoms with E-state index in [0.717, 1.165) is 12.8 Å². The van der Waals surface area contributed by atoms with Crippen molar-refractivity contribution in [3.8, 4) is 16.9 Å². The van der Waals surface area contributed by atoms with Gasteiger partial charge in [-0.2, -0.15) is 0 Å². The Bertz CT molecular complexity index is 842. The second kappa shape index (κ2) is 7.55. The molecule has 0 spiro atoms. The van der Waals surface area contributed by atoms with Crippen LogP contribution in [0.1, 0.15) is 41.7 Å². The van der Waals surface area contributed by atoms with Crippen LogP contribution in [0.15, 0.2) is 24.5 Å². The van der Waals surface area contributed by atoms with Gasteiger partial charge in [0.2, 0.25) is 5.91 Å². The second-order valence-electron chi connectivity index (χ2n) is 5.86. The number of hydrogen-bond acceptors (Lipinski definition) is 5. The van der Waals surface area contributed by atoms with Crippen LogP contribution in [0.5, 0.6) is 5.75 Å². The van der Waals surface area contributed by atoms with Gasteiger partial charge < -0.3 is 4.74 Å². The number of methoxy groups -OCH3 is 1. The molecule has 136 valence electrons. The third-order valence-electron chi connectivity index (χ3n) is 4.27. The molecule has 0 saturated carbocycles. The SMILES string of the molecule is COc1cnc(C(F)F)cc1-c1cc(N2CCCCC2=O)ncc1C=O. The van der Waals surface area contributed by atoms with Crippen molar-refractivity contribution < 1.29 is 23.1 Å². The highest BCUT2D eigenvalue weighted by atomic mass is 19.3. The lowest BCUT2D eigenvalue weighted by molar-refractivity contribution is -0.119. The second-order valence-corrected chi connectivity index (χ2v) is 5.86. The van der Waals surface area contributed by atoms with Crippen LogP contribution in [-0.4, -0.2) is 35.8 Å². The fraction of sp³-hybridized carbons (Fsp3) is 0.333. The van der Waals surface area contributed by atoms with Gasteiger partial charge in [0.05, 0.1) is 13.3 Å². The number of piperidine rings is 1. The minimum absolute atomic E-state index is 0.0523. The molecule has 0 aromatic carbocycles. The lowest BCUT2D eigenvalue weighted by Gasteiger charge is -2.26. The van der Waals surface area contributed by atoms with Crippen LogP contribution in [0.3, 0.4) is 0 Å². The predicted octanol–water partition coefficient (Wildman–Crippen LogP) is 3.42. The smallest absolute Gasteiger partial charge is 0.280 e. The van der Waals surface area contributed by atoms with Crippen LogP contribution in [0, 0.1) is 0 Å². The highest BCUT2D eigenvalue weighted by Crippen LogP contribution is 2.35. The van der Waals surface area contributed by atoms with Gasteiger partial charge in [-0.3, -0.25) is 19.5 Å². The Morgan fingerprint density at radius 2 is 2.00 bits per heavy atom. The molecule has 1 saturated heterocycles. The summed E-state index contributed by atoms with van der Waals surface area (Å²) in [5.41, 5.74) is 0.450. The summed E-state index contributed by atoms with van der Waals surface area (Å²) in [6, 6.07) is 2.74. The summed E-state index contributed by atoms with van der Waals surface area (Å²) in [7, 11) is 1.39. The average Bonchev–Trinajstić information content (AvgIpc) is 2.67. The summed E-state index contributed by atoms with van der Waals surface area (Å²) < 4.78 is 31.3. The number of aromatic nitrogens is 2. The molecular formula is C18H17F2N3O3. The van der Waals surface area contributed by atoms with Crippen molar-refractivity contribution in [1.82, 2.24) is 9.97 Å². The molecule has 0 atom stereocenters. The molecule has 3 heterocycles. The minimum atomic E-state index is -2.76. The van der Waals surface area contributed by atoms with Crippen molar-refractivity contribution >= 4 is 18.0 Å². The molecule has 6 nitrogen and oxygen atoms in total. The maximum atomic E-state index is 13.1. The summed E-state index contributed by atoms with van der Waals surface area (Å²) in [6.45, 7) is 0.529. The van der Waals surface area contributed by atoms with E-state index in [1.807, 2.05) is 0 Å². The zero-order valence-corrected chi connectivity index (χ0v) is 14.1. The summed E-state index contributed by atoms with van der Waals surface area (Å²) in [5.74, 6) is 0.580. The summed E-state index contributed by atoms with van der Waals surface area (Å²) in [5, 5.41) is 0. The van der Waals surface area contributed by atoms with Gasteiger partial charge in [-0.05, 0) is 25.0 Å². The van der Waals surface area contributed by atoms with Gasteiger partial charge in [0.25, 0.3) is 6.43 Å². The fourth-order valence-electron chi connectivity index (χ4n) is 2.93. The number of nitrogens with zero attached hydrogens (tertiary/aromatic N) is 3. The Balaban J connectivity index is 2.14. The number of carbonyl (C=O) groups is 2. The number of pyridine rings is 2. The van der Waals surface area contributed by atoms with E-state index >= 15 is 0 Å². The molecule has 1 fully saturated rings. The van der Waals surface area contributed by atoms with E-state index in [4.69, 9.17) is 4.74 Å². The van der Waals surface area contributed by atoms with Gasteiger partial charge in [-0.15, -0.1) is 0 Å². The van der Waals surface area contributed by atoms with E-state index in [2.05, 4.69) is 9.97 Å². The molecule has 1 amide bonds. The zero-order chi connectivity index (χ0) is 18.7. The van der Waals surface area contributed by atoms with Crippen LogP contribution < -0.4 is 9.64 Å². The summed E-state index contributed by atoms with van der Waals surface area (Å²) >= 11 is 0. The van der Waals surface area contributed by atoms with Gasteiger partial charge in [-0.1, -0.05) is 0 Å². The number of rotatable bonds is 5. The number of anilines is 1.